The average Bonchev–Trinajstić information content (AvgIpc) is 3.18. The van der Waals surface area contributed by atoms with E-state index in [1.54, 1.807) is 0 Å². The zero-order chi connectivity index (χ0) is 18.9. The van der Waals surface area contributed by atoms with E-state index in [0.717, 1.165) is 56.5 Å². The van der Waals surface area contributed by atoms with Crippen molar-refractivity contribution < 1.29 is 4.79 Å². The molecule has 1 aromatic heterocycles. The van der Waals surface area contributed by atoms with Crippen molar-refractivity contribution >= 4 is 33.1 Å². The Morgan fingerprint density at radius 2 is 1.93 bits per heavy atom. The normalized spacial score (nSPS) is 20.3. The van der Waals surface area contributed by atoms with Crippen LogP contribution in [-0.4, -0.2) is 42.0 Å². The average molecular weight is 392 g/mol. The van der Waals surface area contributed by atoms with Gasteiger partial charge in [-0.05, 0) is 56.0 Å². The number of likely N-dealkylation sites (tertiary alicyclic amines) is 1. The molecule has 144 valence electrons. The van der Waals surface area contributed by atoms with Crippen molar-refractivity contribution in [1.82, 2.24) is 9.88 Å². The molecule has 2 aliphatic rings. The molecule has 1 atom stereocenters. The van der Waals surface area contributed by atoms with Crippen LogP contribution in [0, 0.1) is 0 Å². The molecule has 1 fully saturated rings. The second-order valence-corrected chi connectivity index (χ2v) is 8.93. The lowest BCUT2D eigenvalue weighted by atomic mass is 9.98. The summed E-state index contributed by atoms with van der Waals surface area (Å²) in [4.78, 5) is 22.3. The molecule has 3 heterocycles. The molecule has 1 amide bonds. The highest BCUT2D eigenvalue weighted by molar-refractivity contribution is 7.18. The number of benzene rings is 2. The summed E-state index contributed by atoms with van der Waals surface area (Å²) < 4.78 is 1.26. The highest BCUT2D eigenvalue weighted by atomic mass is 32.1. The Balaban J connectivity index is 1.29. The van der Waals surface area contributed by atoms with Gasteiger partial charge < -0.3 is 4.90 Å². The van der Waals surface area contributed by atoms with E-state index >= 15 is 0 Å². The quantitative estimate of drug-likeness (QED) is 0.662. The number of para-hydroxylation sites is 2. The monoisotopic (exact) mass is 391 g/mol. The Morgan fingerprint density at radius 1 is 1.07 bits per heavy atom. The van der Waals surface area contributed by atoms with E-state index in [-0.39, 0.29) is 5.91 Å². The lowest BCUT2D eigenvalue weighted by molar-refractivity contribution is -0.120. The van der Waals surface area contributed by atoms with E-state index in [0.29, 0.717) is 12.5 Å². The Bertz CT molecular complexity index is 965. The second kappa shape index (κ2) is 7.64. The Hall–Kier alpha value is -2.24. The number of aromatic nitrogens is 1. The molecule has 0 radical (unpaired) electrons. The molecule has 3 aromatic rings. The first-order valence-electron chi connectivity index (χ1n) is 10.2. The van der Waals surface area contributed by atoms with Gasteiger partial charge in [-0.2, -0.15) is 0 Å². The SMILES string of the molecule is O=C(CN1CCC[C@@H](c2nc3ccccc3s2)C1)N1CCCc2ccccc21. The van der Waals surface area contributed by atoms with E-state index in [4.69, 9.17) is 4.98 Å². The third-order valence-corrected chi connectivity index (χ3v) is 7.13. The Labute approximate surface area is 169 Å². The molecule has 5 rings (SSSR count). The third kappa shape index (κ3) is 3.45. The number of anilines is 1. The minimum atomic E-state index is 0.233. The maximum absolute atomic E-state index is 13.1. The highest BCUT2D eigenvalue weighted by Gasteiger charge is 2.28. The summed E-state index contributed by atoms with van der Waals surface area (Å²) in [6.45, 7) is 3.28. The van der Waals surface area contributed by atoms with Crippen molar-refractivity contribution in [3.05, 3.63) is 59.1 Å². The van der Waals surface area contributed by atoms with E-state index in [2.05, 4.69) is 41.3 Å². The maximum Gasteiger partial charge on any atom is 0.241 e. The minimum Gasteiger partial charge on any atom is -0.311 e. The van der Waals surface area contributed by atoms with E-state index in [9.17, 15) is 4.79 Å². The Kier molecular flexibility index (Phi) is 4.87. The van der Waals surface area contributed by atoms with Gasteiger partial charge >= 0.3 is 0 Å². The molecule has 5 heteroatoms. The lowest BCUT2D eigenvalue weighted by Crippen LogP contribution is -2.45. The van der Waals surface area contributed by atoms with Crippen LogP contribution in [0.5, 0.6) is 0 Å². The lowest BCUT2D eigenvalue weighted by Gasteiger charge is -2.35. The zero-order valence-electron chi connectivity index (χ0n) is 16.0. The van der Waals surface area contributed by atoms with Crippen LogP contribution in [0.3, 0.4) is 0 Å². The van der Waals surface area contributed by atoms with Crippen molar-refractivity contribution in [3.63, 3.8) is 0 Å². The molecule has 0 spiro atoms. The molecule has 4 nitrogen and oxygen atoms in total. The molecule has 1 saturated heterocycles. The van der Waals surface area contributed by atoms with Crippen LogP contribution in [0.2, 0.25) is 0 Å². The van der Waals surface area contributed by atoms with Crippen LogP contribution >= 0.6 is 11.3 Å². The van der Waals surface area contributed by atoms with Crippen LogP contribution in [0.25, 0.3) is 10.2 Å². The summed E-state index contributed by atoms with van der Waals surface area (Å²) in [6.07, 6.45) is 4.42. The van der Waals surface area contributed by atoms with Gasteiger partial charge in [-0.15, -0.1) is 11.3 Å². The largest absolute Gasteiger partial charge is 0.311 e. The topological polar surface area (TPSA) is 36.4 Å². The van der Waals surface area contributed by atoms with Crippen molar-refractivity contribution in [2.24, 2.45) is 0 Å². The van der Waals surface area contributed by atoms with Crippen molar-refractivity contribution in [3.8, 4) is 0 Å². The number of thiazole rings is 1. The first kappa shape index (κ1) is 17.8. The van der Waals surface area contributed by atoms with Crippen LogP contribution in [-0.2, 0) is 11.2 Å². The van der Waals surface area contributed by atoms with Gasteiger partial charge in [0, 0.05) is 24.7 Å². The predicted octanol–water partition coefficient (Wildman–Crippen LogP) is 4.46. The standard InChI is InChI=1S/C23H25N3OS/c27-22(26-14-6-8-17-7-1-3-11-20(17)26)16-25-13-5-9-18(15-25)23-24-19-10-2-4-12-21(19)28-23/h1-4,7,10-12,18H,5-6,8-9,13-16H2/t18-/m1/s1. The number of rotatable bonds is 3. The molecule has 0 N–H and O–H groups in total. The maximum atomic E-state index is 13.1. The third-order valence-electron chi connectivity index (χ3n) is 5.94. The fourth-order valence-corrected chi connectivity index (χ4v) is 5.63. The van der Waals surface area contributed by atoms with Crippen LogP contribution in [0.15, 0.2) is 48.5 Å². The van der Waals surface area contributed by atoms with Crippen LogP contribution < -0.4 is 4.90 Å². The number of amides is 1. The van der Waals surface area contributed by atoms with Crippen molar-refractivity contribution in [2.75, 3.05) is 31.1 Å². The number of carbonyl (C=O) groups excluding carboxylic acids is 1. The minimum absolute atomic E-state index is 0.233. The molecule has 0 unspecified atom stereocenters. The van der Waals surface area contributed by atoms with Gasteiger partial charge in [0.05, 0.1) is 21.8 Å². The van der Waals surface area contributed by atoms with Gasteiger partial charge in [0.15, 0.2) is 0 Å². The second-order valence-electron chi connectivity index (χ2n) is 7.87. The number of piperidine rings is 1. The summed E-state index contributed by atoms with van der Waals surface area (Å²) in [7, 11) is 0. The fraction of sp³-hybridized carbons (Fsp3) is 0.391. The molecule has 28 heavy (non-hydrogen) atoms. The molecular formula is C23H25N3OS. The van der Waals surface area contributed by atoms with Crippen LogP contribution in [0.4, 0.5) is 5.69 Å². The molecule has 0 aliphatic carbocycles. The summed E-state index contributed by atoms with van der Waals surface area (Å²) >= 11 is 1.81. The summed E-state index contributed by atoms with van der Waals surface area (Å²) in [6, 6.07) is 16.7. The van der Waals surface area contributed by atoms with Gasteiger partial charge in [0.1, 0.15) is 0 Å². The van der Waals surface area contributed by atoms with Crippen molar-refractivity contribution in [2.45, 2.75) is 31.6 Å². The van der Waals surface area contributed by atoms with Gasteiger partial charge in [0.2, 0.25) is 5.91 Å². The number of hydrogen-bond donors (Lipinski definition) is 0. The molecular weight excluding hydrogens is 366 g/mol. The number of fused-ring (bicyclic) bond motifs is 2. The molecule has 2 aromatic carbocycles. The van der Waals surface area contributed by atoms with Gasteiger partial charge in [-0.1, -0.05) is 30.3 Å². The molecule has 0 saturated carbocycles. The first-order chi connectivity index (χ1) is 13.8. The van der Waals surface area contributed by atoms with Gasteiger partial charge in [-0.3, -0.25) is 9.69 Å². The number of carbonyl (C=O) groups is 1. The van der Waals surface area contributed by atoms with Crippen molar-refractivity contribution in [1.29, 1.82) is 0 Å². The van der Waals surface area contributed by atoms with Crippen LogP contribution in [0.1, 0.15) is 35.8 Å². The molecule has 0 bridgehead atoms. The zero-order valence-corrected chi connectivity index (χ0v) is 16.8. The molecule has 2 aliphatic heterocycles. The van der Waals surface area contributed by atoms with Gasteiger partial charge in [-0.25, -0.2) is 4.98 Å². The first-order valence-corrected chi connectivity index (χ1v) is 11.1. The van der Waals surface area contributed by atoms with Gasteiger partial charge in [0.25, 0.3) is 0 Å². The highest BCUT2D eigenvalue weighted by Crippen LogP contribution is 2.33. The van der Waals surface area contributed by atoms with E-state index in [1.165, 1.54) is 15.3 Å². The van der Waals surface area contributed by atoms with E-state index < -0.39 is 0 Å². The number of nitrogens with zero attached hydrogens (tertiary/aromatic N) is 3. The summed E-state index contributed by atoms with van der Waals surface area (Å²) in [5.74, 6) is 0.671. The summed E-state index contributed by atoms with van der Waals surface area (Å²) in [5.41, 5.74) is 3.51. The number of aryl methyl sites for hydroxylation is 1. The summed E-state index contributed by atoms with van der Waals surface area (Å²) in [5, 5.41) is 1.22. The number of hydrogen-bond acceptors (Lipinski definition) is 4. The van der Waals surface area contributed by atoms with E-state index in [1.807, 2.05) is 28.4 Å². The fourth-order valence-electron chi connectivity index (χ4n) is 4.53. The Morgan fingerprint density at radius 3 is 2.86 bits per heavy atom. The smallest absolute Gasteiger partial charge is 0.241 e. The predicted molar refractivity (Wildman–Crippen MR) is 115 cm³/mol.